The topological polar surface area (TPSA) is 86.8 Å². The molecule has 1 atom stereocenters. The summed E-state index contributed by atoms with van der Waals surface area (Å²) in [7, 11) is -4.02. The van der Waals surface area contributed by atoms with E-state index in [1.165, 1.54) is 11.0 Å². The average Bonchev–Trinajstić information content (AvgIpc) is 3.45. The van der Waals surface area contributed by atoms with Crippen LogP contribution in [0.25, 0.3) is 0 Å². The number of nitrogens with zero attached hydrogens (tertiary/aromatic N) is 2. The van der Waals surface area contributed by atoms with Crippen molar-refractivity contribution in [2.24, 2.45) is 0 Å². The lowest BCUT2D eigenvalue weighted by atomic mass is 10.0. The van der Waals surface area contributed by atoms with Crippen molar-refractivity contribution < 1.29 is 22.4 Å². The van der Waals surface area contributed by atoms with Crippen LogP contribution < -0.4 is 9.62 Å². The summed E-state index contributed by atoms with van der Waals surface area (Å²) >= 11 is 18.3. The van der Waals surface area contributed by atoms with Gasteiger partial charge in [0.25, 0.3) is 0 Å². The van der Waals surface area contributed by atoms with E-state index in [0.717, 1.165) is 53.9 Å². The zero-order chi connectivity index (χ0) is 30.4. The molecule has 3 aromatic rings. The number of anilines is 1. The first-order valence-corrected chi connectivity index (χ1v) is 16.4. The first-order chi connectivity index (χ1) is 19.9. The van der Waals surface area contributed by atoms with Gasteiger partial charge < -0.3 is 10.2 Å². The number of halogens is 4. The van der Waals surface area contributed by atoms with E-state index in [-0.39, 0.29) is 40.6 Å². The largest absolute Gasteiger partial charge is 0.352 e. The Hall–Kier alpha value is -2.85. The van der Waals surface area contributed by atoms with Crippen LogP contribution in [-0.4, -0.2) is 50.0 Å². The average molecular weight is 655 g/mol. The predicted octanol–water partition coefficient (Wildman–Crippen LogP) is 6.25. The summed E-state index contributed by atoms with van der Waals surface area (Å²) in [5.41, 5.74) is 1.43. The van der Waals surface area contributed by atoms with Crippen molar-refractivity contribution >= 4 is 62.3 Å². The normalized spacial score (nSPS) is 14.4. The minimum atomic E-state index is -4.02. The smallest absolute Gasteiger partial charge is 0.244 e. The minimum absolute atomic E-state index is 0.00780. The zero-order valence-electron chi connectivity index (χ0n) is 22.9. The summed E-state index contributed by atoms with van der Waals surface area (Å²) in [5, 5.41) is 3.41. The molecule has 0 saturated heterocycles. The number of carbonyl (C=O) groups excluding carboxylic acids is 2. The van der Waals surface area contributed by atoms with E-state index in [0.29, 0.717) is 10.6 Å². The molecule has 1 N–H and O–H groups in total. The van der Waals surface area contributed by atoms with Gasteiger partial charge in [-0.1, -0.05) is 84.0 Å². The number of rotatable bonds is 11. The summed E-state index contributed by atoms with van der Waals surface area (Å²) in [4.78, 5) is 29.3. The maximum absolute atomic E-state index is 14.1. The van der Waals surface area contributed by atoms with Crippen LogP contribution in [0, 0.1) is 5.82 Å². The Kier molecular flexibility index (Phi) is 10.8. The fraction of sp³-hybridized carbons (Fsp3) is 0.333. The summed E-state index contributed by atoms with van der Waals surface area (Å²) in [6.45, 7) is -0.697. The van der Waals surface area contributed by atoms with Crippen LogP contribution in [0.2, 0.25) is 15.1 Å². The molecule has 1 saturated carbocycles. The number of hydrogen-bond donors (Lipinski definition) is 1. The molecule has 1 aliphatic carbocycles. The molecule has 0 aliphatic heterocycles. The molecular formula is C30H31Cl3FN3O4S. The second-order valence-corrected chi connectivity index (χ2v) is 13.5. The highest BCUT2D eigenvalue weighted by atomic mass is 35.5. The minimum Gasteiger partial charge on any atom is -0.352 e. The third-order valence-electron chi connectivity index (χ3n) is 7.18. The van der Waals surface area contributed by atoms with Gasteiger partial charge in [0.05, 0.1) is 27.0 Å². The third-order valence-corrected chi connectivity index (χ3v) is 9.35. The van der Waals surface area contributed by atoms with E-state index in [1.807, 2.05) is 30.3 Å². The fourth-order valence-corrected chi connectivity index (χ4v) is 6.35. The first kappa shape index (κ1) is 32.1. The molecular weight excluding hydrogens is 624 g/mol. The van der Waals surface area contributed by atoms with E-state index in [9.17, 15) is 22.4 Å². The monoisotopic (exact) mass is 653 g/mol. The van der Waals surface area contributed by atoms with Crippen molar-refractivity contribution in [3.63, 3.8) is 0 Å². The van der Waals surface area contributed by atoms with Crippen LogP contribution in [0.3, 0.4) is 0 Å². The number of carbonyl (C=O) groups is 2. The lowest BCUT2D eigenvalue weighted by molar-refractivity contribution is -0.140. The van der Waals surface area contributed by atoms with E-state index in [1.54, 1.807) is 18.2 Å². The van der Waals surface area contributed by atoms with Crippen LogP contribution in [0.1, 0.15) is 36.8 Å². The van der Waals surface area contributed by atoms with Gasteiger partial charge >= 0.3 is 0 Å². The molecule has 4 rings (SSSR count). The van der Waals surface area contributed by atoms with Crippen LogP contribution in [0.5, 0.6) is 0 Å². The van der Waals surface area contributed by atoms with Crippen molar-refractivity contribution in [3.8, 4) is 0 Å². The van der Waals surface area contributed by atoms with E-state index < -0.39 is 34.3 Å². The van der Waals surface area contributed by atoms with Gasteiger partial charge in [-0.05, 0) is 54.3 Å². The first-order valence-electron chi connectivity index (χ1n) is 13.4. The number of amides is 2. The number of sulfonamides is 1. The Morgan fingerprint density at radius 1 is 0.929 bits per heavy atom. The van der Waals surface area contributed by atoms with Gasteiger partial charge in [-0.3, -0.25) is 13.9 Å². The van der Waals surface area contributed by atoms with Crippen LogP contribution in [0.15, 0.2) is 66.7 Å². The van der Waals surface area contributed by atoms with E-state index >= 15 is 0 Å². The Bertz CT molecular complexity index is 1540. The van der Waals surface area contributed by atoms with Gasteiger partial charge in [-0.2, -0.15) is 0 Å². The summed E-state index contributed by atoms with van der Waals surface area (Å²) < 4.78 is 40.4. The molecule has 0 unspecified atom stereocenters. The Morgan fingerprint density at radius 3 is 2.24 bits per heavy atom. The molecule has 7 nitrogen and oxygen atoms in total. The maximum atomic E-state index is 14.1. The van der Waals surface area contributed by atoms with Gasteiger partial charge in [0.15, 0.2) is 0 Å². The van der Waals surface area contributed by atoms with Crippen molar-refractivity contribution in [3.05, 3.63) is 98.7 Å². The zero-order valence-corrected chi connectivity index (χ0v) is 26.0. The molecule has 0 spiro atoms. The number of benzene rings is 3. The highest BCUT2D eigenvalue weighted by molar-refractivity contribution is 7.92. The fourth-order valence-electron chi connectivity index (χ4n) is 5.01. The van der Waals surface area contributed by atoms with Gasteiger partial charge in [-0.25, -0.2) is 12.8 Å². The molecule has 1 fully saturated rings. The predicted molar refractivity (Wildman–Crippen MR) is 165 cm³/mol. The third kappa shape index (κ3) is 8.37. The van der Waals surface area contributed by atoms with Crippen molar-refractivity contribution in [2.45, 2.75) is 50.7 Å². The van der Waals surface area contributed by atoms with Gasteiger partial charge in [-0.15, -0.1) is 0 Å². The highest BCUT2D eigenvalue weighted by Crippen LogP contribution is 2.27. The molecule has 0 aromatic heterocycles. The summed E-state index contributed by atoms with van der Waals surface area (Å²) in [6.07, 6.45) is 4.83. The van der Waals surface area contributed by atoms with Crippen LogP contribution in [0.4, 0.5) is 10.1 Å². The van der Waals surface area contributed by atoms with Gasteiger partial charge in [0, 0.05) is 19.0 Å². The van der Waals surface area contributed by atoms with Gasteiger partial charge in [0.1, 0.15) is 18.4 Å². The molecule has 12 heteroatoms. The molecule has 3 aromatic carbocycles. The van der Waals surface area contributed by atoms with Crippen molar-refractivity contribution in [2.75, 3.05) is 17.1 Å². The highest BCUT2D eigenvalue weighted by Gasteiger charge is 2.34. The Morgan fingerprint density at radius 2 is 1.62 bits per heavy atom. The van der Waals surface area contributed by atoms with Crippen molar-refractivity contribution in [1.29, 1.82) is 0 Å². The lowest BCUT2D eigenvalue weighted by Crippen LogP contribution is -2.54. The number of hydrogen-bond acceptors (Lipinski definition) is 4. The SMILES string of the molecule is CS(=O)(=O)N(CC(=O)N(Cc1ccc(Cl)c(Cl)c1)[C@H](Cc1ccccc1)C(=O)NC1CCCC1)c1ccc(F)c(Cl)c1. The van der Waals surface area contributed by atoms with Crippen molar-refractivity contribution in [1.82, 2.24) is 10.2 Å². The molecule has 42 heavy (non-hydrogen) atoms. The lowest BCUT2D eigenvalue weighted by Gasteiger charge is -2.34. The second-order valence-electron chi connectivity index (χ2n) is 10.3. The molecule has 224 valence electrons. The van der Waals surface area contributed by atoms with E-state index in [2.05, 4.69) is 5.32 Å². The Labute approximate surface area is 260 Å². The summed E-state index contributed by atoms with van der Waals surface area (Å²) in [5.74, 6) is -1.71. The maximum Gasteiger partial charge on any atom is 0.244 e. The molecule has 0 bridgehead atoms. The molecule has 0 heterocycles. The summed E-state index contributed by atoms with van der Waals surface area (Å²) in [6, 6.07) is 16.6. The Balaban J connectivity index is 1.74. The van der Waals surface area contributed by atoms with Gasteiger partial charge in [0.2, 0.25) is 21.8 Å². The molecule has 2 amide bonds. The quantitative estimate of drug-likeness (QED) is 0.265. The molecule has 1 aliphatic rings. The van der Waals surface area contributed by atoms with Crippen LogP contribution in [-0.2, 0) is 32.6 Å². The molecule has 0 radical (unpaired) electrons. The number of nitrogens with one attached hydrogen (secondary N) is 1. The second kappa shape index (κ2) is 14.1. The van der Waals surface area contributed by atoms with Crippen LogP contribution >= 0.6 is 34.8 Å². The standard InChI is InChI=1S/C30H31Cl3FN3O4S/c1-42(40,41)37(23-12-14-27(34)26(33)17-23)19-29(38)36(18-21-11-13-24(31)25(32)15-21)28(16-20-7-3-2-4-8-20)30(39)35-22-9-5-6-10-22/h2-4,7-8,11-15,17,22,28H,5-6,9-10,16,18-19H2,1H3,(H,35,39)/t28-/m1/s1. The van der Waals surface area contributed by atoms with E-state index in [4.69, 9.17) is 34.8 Å².